The molecule has 0 saturated heterocycles. The van der Waals surface area contributed by atoms with Gasteiger partial charge in [-0.15, -0.1) is 0 Å². The lowest BCUT2D eigenvalue weighted by Gasteiger charge is -2.25. The van der Waals surface area contributed by atoms with Crippen LogP contribution in [0, 0.1) is 0 Å². The van der Waals surface area contributed by atoms with Crippen LogP contribution in [0.1, 0.15) is 52.4 Å². The number of hydrogen-bond acceptors (Lipinski definition) is 3. The van der Waals surface area contributed by atoms with Gasteiger partial charge in [-0.05, 0) is 39.2 Å². The Hall–Kier alpha value is -0.610. The maximum Gasteiger partial charge on any atom is 0.323 e. The van der Waals surface area contributed by atoms with Gasteiger partial charge in [-0.3, -0.25) is 4.79 Å². The third kappa shape index (κ3) is 4.64. The molecule has 0 aromatic heterocycles. The van der Waals surface area contributed by atoms with E-state index < -0.39 is 11.5 Å². The first-order chi connectivity index (χ1) is 8.08. The highest BCUT2D eigenvalue weighted by atomic mass is 16.5. The normalized spacial score (nSPS) is 20.4. The van der Waals surface area contributed by atoms with E-state index >= 15 is 0 Å². The number of ether oxygens (including phenoxy) is 1. The van der Waals surface area contributed by atoms with Gasteiger partial charge in [0, 0.05) is 6.61 Å². The second-order valence-electron chi connectivity index (χ2n) is 5.05. The van der Waals surface area contributed by atoms with Crippen LogP contribution in [0.4, 0.5) is 0 Å². The van der Waals surface area contributed by atoms with Crippen molar-refractivity contribution in [2.45, 2.75) is 64.0 Å². The average Bonchev–Trinajstić information content (AvgIpc) is 2.77. The summed E-state index contributed by atoms with van der Waals surface area (Å²) in [5.74, 6) is -0.778. The van der Waals surface area contributed by atoms with Gasteiger partial charge in [-0.25, -0.2) is 0 Å². The fourth-order valence-electron chi connectivity index (χ4n) is 2.39. The molecule has 1 aliphatic rings. The molecule has 4 nitrogen and oxygen atoms in total. The summed E-state index contributed by atoms with van der Waals surface area (Å²) in [6.07, 6.45) is 6.72. The summed E-state index contributed by atoms with van der Waals surface area (Å²) in [6, 6.07) is 0. The highest BCUT2D eigenvalue weighted by Crippen LogP contribution is 2.21. The summed E-state index contributed by atoms with van der Waals surface area (Å²) >= 11 is 0. The van der Waals surface area contributed by atoms with E-state index in [0.717, 1.165) is 6.42 Å². The van der Waals surface area contributed by atoms with Crippen molar-refractivity contribution in [2.75, 3.05) is 13.2 Å². The summed E-state index contributed by atoms with van der Waals surface area (Å²) in [5, 5.41) is 12.2. The van der Waals surface area contributed by atoms with Gasteiger partial charge in [0.15, 0.2) is 0 Å². The number of likely N-dealkylation sites (N-methyl/N-ethyl adjacent to an activating group) is 1. The number of aliphatic carboxylic acids is 1. The van der Waals surface area contributed by atoms with Gasteiger partial charge in [-0.2, -0.15) is 0 Å². The summed E-state index contributed by atoms with van der Waals surface area (Å²) in [6.45, 7) is 5.02. The van der Waals surface area contributed by atoms with Crippen molar-refractivity contribution < 1.29 is 14.6 Å². The third-order valence-electron chi connectivity index (χ3n) is 3.52. The molecule has 0 aliphatic heterocycles. The summed E-state index contributed by atoms with van der Waals surface area (Å²) < 4.78 is 5.74. The van der Waals surface area contributed by atoms with Gasteiger partial charge in [-0.1, -0.05) is 19.8 Å². The Morgan fingerprint density at radius 3 is 2.65 bits per heavy atom. The van der Waals surface area contributed by atoms with Crippen LogP contribution >= 0.6 is 0 Å². The fraction of sp³-hybridized carbons (Fsp3) is 0.923. The highest BCUT2D eigenvalue weighted by molar-refractivity contribution is 5.78. The minimum absolute atomic E-state index is 0.421. The van der Waals surface area contributed by atoms with E-state index in [1.54, 1.807) is 6.92 Å². The van der Waals surface area contributed by atoms with Crippen molar-refractivity contribution in [3.63, 3.8) is 0 Å². The molecule has 0 aromatic rings. The molecule has 100 valence electrons. The smallest absolute Gasteiger partial charge is 0.323 e. The average molecular weight is 243 g/mol. The predicted molar refractivity (Wildman–Crippen MR) is 67.2 cm³/mol. The first-order valence-corrected chi connectivity index (χ1v) is 6.68. The molecule has 1 aliphatic carbocycles. The van der Waals surface area contributed by atoms with Crippen molar-refractivity contribution in [1.82, 2.24) is 5.32 Å². The predicted octanol–water partition coefficient (Wildman–Crippen LogP) is 2.18. The highest BCUT2D eigenvalue weighted by Gasteiger charge is 2.31. The molecule has 0 heterocycles. The standard InChI is InChI=1S/C13H25NO3/c1-3-14-13(2,12(15)16)9-6-10-17-11-7-4-5-8-11/h11,14H,3-10H2,1-2H3,(H,15,16). The van der Waals surface area contributed by atoms with E-state index in [0.29, 0.717) is 25.7 Å². The van der Waals surface area contributed by atoms with Crippen molar-refractivity contribution in [3.05, 3.63) is 0 Å². The molecule has 4 heteroatoms. The number of hydrogen-bond donors (Lipinski definition) is 2. The molecule has 0 amide bonds. The molecule has 0 spiro atoms. The lowest BCUT2D eigenvalue weighted by atomic mass is 9.96. The summed E-state index contributed by atoms with van der Waals surface area (Å²) in [7, 11) is 0. The Balaban J connectivity index is 2.20. The SMILES string of the molecule is CCNC(C)(CCCOC1CCCC1)C(=O)O. The Morgan fingerprint density at radius 1 is 1.47 bits per heavy atom. The molecule has 0 aromatic carbocycles. The molecular weight excluding hydrogens is 218 g/mol. The maximum atomic E-state index is 11.2. The van der Waals surface area contributed by atoms with Gasteiger partial charge in [0.25, 0.3) is 0 Å². The van der Waals surface area contributed by atoms with Crippen molar-refractivity contribution in [3.8, 4) is 0 Å². The summed E-state index contributed by atoms with van der Waals surface area (Å²) in [5.41, 5.74) is -0.812. The van der Waals surface area contributed by atoms with E-state index in [1.165, 1.54) is 25.7 Å². The minimum Gasteiger partial charge on any atom is -0.480 e. The van der Waals surface area contributed by atoms with Crippen LogP contribution in [-0.4, -0.2) is 35.9 Å². The van der Waals surface area contributed by atoms with Crippen LogP contribution in [0.25, 0.3) is 0 Å². The first kappa shape index (κ1) is 14.5. The molecule has 1 unspecified atom stereocenters. The fourth-order valence-corrected chi connectivity index (χ4v) is 2.39. The maximum absolute atomic E-state index is 11.2. The molecule has 0 radical (unpaired) electrons. The van der Waals surface area contributed by atoms with E-state index in [9.17, 15) is 9.90 Å². The van der Waals surface area contributed by atoms with Gasteiger partial charge < -0.3 is 15.2 Å². The van der Waals surface area contributed by atoms with Gasteiger partial charge in [0.05, 0.1) is 6.10 Å². The van der Waals surface area contributed by atoms with Gasteiger partial charge >= 0.3 is 5.97 Å². The Morgan fingerprint density at radius 2 is 2.12 bits per heavy atom. The van der Waals surface area contributed by atoms with Crippen LogP contribution in [0.5, 0.6) is 0 Å². The largest absolute Gasteiger partial charge is 0.480 e. The Labute approximate surface area is 104 Å². The number of rotatable bonds is 8. The summed E-state index contributed by atoms with van der Waals surface area (Å²) in [4.78, 5) is 11.2. The second-order valence-corrected chi connectivity index (χ2v) is 5.05. The van der Waals surface area contributed by atoms with E-state index in [2.05, 4.69) is 5.32 Å². The molecule has 1 rings (SSSR count). The van der Waals surface area contributed by atoms with Crippen molar-refractivity contribution >= 4 is 5.97 Å². The number of carboxylic acid groups (broad SMARTS) is 1. The van der Waals surface area contributed by atoms with Crippen LogP contribution in [0.15, 0.2) is 0 Å². The van der Waals surface area contributed by atoms with E-state index in [-0.39, 0.29) is 0 Å². The second kappa shape index (κ2) is 6.97. The van der Waals surface area contributed by atoms with Crippen LogP contribution < -0.4 is 5.32 Å². The quantitative estimate of drug-likeness (QED) is 0.641. The van der Waals surface area contributed by atoms with Crippen LogP contribution in [-0.2, 0) is 9.53 Å². The lowest BCUT2D eigenvalue weighted by molar-refractivity contribution is -0.144. The molecule has 2 N–H and O–H groups in total. The van der Waals surface area contributed by atoms with Crippen LogP contribution in [0.3, 0.4) is 0 Å². The zero-order chi connectivity index (χ0) is 12.7. The lowest BCUT2D eigenvalue weighted by Crippen LogP contribution is -2.49. The minimum atomic E-state index is -0.812. The topological polar surface area (TPSA) is 58.6 Å². The zero-order valence-electron chi connectivity index (χ0n) is 11.0. The Kier molecular flexibility index (Phi) is 5.92. The number of carbonyl (C=O) groups is 1. The number of nitrogens with one attached hydrogen (secondary N) is 1. The molecule has 1 fully saturated rings. The number of carboxylic acids is 1. The third-order valence-corrected chi connectivity index (χ3v) is 3.52. The zero-order valence-corrected chi connectivity index (χ0v) is 11.0. The van der Waals surface area contributed by atoms with Crippen molar-refractivity contribution in [2.24, 2.45) is 0 Å². The van der Waals surface area contributed by atoms with Crippen molar-refractivity contribution in [1.29, 1.82) is 0 Å². The van der Waals surface area contributed by atoms with Gasteiger partial charge in [0.2, 0.25) is 0 Å². The monoisotopic (exact) mass is 243 g/mol. The van der Waals surface area contributed by atoms with E-state index in [1.807, 2.05) is 6.92 Å². The molecule has 1 saturated carbocycles. The van der Waals surface area contributed by atoms with Gasteiger partial charge in [0.1, 0.15) is 5.54 Å². The molecule has 0 bridgehead atoms. The van der Waals surface area contributed by atoms with Crippen LogP contribution in [0.2, 0.25) is 0 Å². The molecular formula is C13H25NO3. The van der Waals surface area contributed by atoms with E-state index in [4.69, 9.17) is 4.74 Å². The molecule has 17 heavy (non-hydrogen) atoms. The Bertz CT molecular complexity index is 239. The first-order valence-electron chi connectivity index (χ1n) is 6.68. The molecule has 1 atom stereocenters.